The van der Waals surface area contributed by atoms with Crippen LogP contribution in [0.5, 0.6) is 0 Å². The SMILES string of the molecule is [2H]C(=O)c1ccc(C(C)c2ccc[nH]2)[nH]1. The monoisotopic (exact) mass is 189 g/mol. The number of aldehydes is 1. The van der Waals surface area contributed by atoms with Gasteiger partial charge in [-0.1, -0.05) is 6.92 Å². The molecule has 2 aromatic rings. The third-order valence-electron chi connectivity index (χ3n) is 2.37. The van der Waals surface area contributed by atoms with E-state index in [1.54, 1.807) is 6.07 Å². The highest BCUT2D eigenvalue weighted by Gasteiger charge is 2.10. The van der Waals surface area contributed by atoms with E-state index in [1.807, 2.05) is 31.3 Å². The van der Waals surface area contributed by atoms with Crippen molar-refractivity contribution in [3.8, 4) is 0 Å². The lowest BCUT2D eigenvalue weighted by atomic mass is 10.1. The lowest BCUT2D eigenvalue weighted by Gasteiger charge is -2.06. The van der Waals surface area contributed by atoms with Gasteiger partial charge in [-0.25, -0.2) is 0 Å². The van der Waals surface area contributed by atoms with Gasteiger partial charge in [-0.3, -0.25) is 4.79 Å². The number of aromatic amines is 2. The zero-order chi connectivity index (χ0) is 10.8. The molecule has 0 saturated heterocycles. The zero-order valence-electron chi connectivity index (χ0n) is 8.87. The summed E-state index contributed by atoms with van der Waals surface area (Å²) in [4.78, 5) is 16.9. The molecular weight excluding hydrogens is 176 g/mol. The van der Waals surface area contributed by atoms with Crippen molar-refractivity contribution in [3.63, 3.8) is 0 Å². The Morgan fingerprint density at radius 2 is 2.29 bits per heavy atom. The van der Waals surface area contributed by atoms with Crippen LogP contribution in [0.4, 0.5) is 0 Å². The second-order valence-electron chi connectivity index (χ2n) is 3.28. The first-order valence-electron chi connectivity index (χ1n) is 5.01. The molecule has 3 nitrogen and oxygen atoms in total. The van der Waals surface area contributed by atoms with Crippen molar-refractivity contribution in [1.29, 1.82) is 0 Å². The lowest BCUT2D eigenvalue weighted by Crippen LogP contribution is -1.96. The molecule has 0 bridgehead atoms. The predicted octanol–water partition coefficient (Wildman–Crippen LogP) is 2.31. The second kappa shape index (κ2) is 3.54. The fourth-order valence-electron chi connectivity index (χ4n) is 1.51. The first-order chi connectivity index (χ1) is 7.18. The Bertz CT molecular complexity index is 459. The first kappa shape index (κ1) is 7.62. The summed E-state index contributed by atoms with van der Waals surface area (Å²) in [7, 11) is 0. The Kier molecular flexibility index (Phi) is 1.92. The average Bonchev–Trinajstić information content (AvgIpc) is 2.88. The largest absolute Gasteiger partial charge is 0.364 e. The molecule has 72 valence electrons. The number of carbonyl (C=O) groups excluding carboxylic acids is 1. The van der Waals surface area contributed by atoms with E-state index in [-0.39, 0.29) is 5.92 Å². The van der Waals surface area contributed by atoms with Crippen molar-refractivity contribution in [2.24, 2.45) is 0 Å². The number of hydrogen-bond acceptors (Lipinski definition) is 1. The van der Waals surface area contributed by atoms with Gasteiger partial charge in [0, 0.05) is 23.5 Å². The summed E-state index contributed by atoms with van der Waals surface area (Å²) in [5, 5.41) is 0. The van der Waals surface area contributed by atoms with Crippen LogP contribution in [0.1, 0.15) is 36.1 Å². The first-order valence-corrected chi connectivity index (χ1v) is 4.51. The molecule has 0 aliphatic carbocycles. The van der Waals surface area contributed by atoms with Gasteiger partial charge < -0.3 is 9.97 Å². The van der Waals surface area contributed by atoms with Crippen molar-refractivity contribution in [1.82, 2.24) is 9.97 Å². The quantitative estimate of drug-likeness (QED) is 0.715. The topological polar surface area (TPSA) is 48.6 Å². The van der Waals surface area contributed by atoms with Crippen molar-refractivity contribution in [2.75, 3.05) is 0 Å². The number of nitrogens with one attached hydrogen (secondary N) is 2. The van der Waals surface area contributed by atoms with E-state index < -0.39 is 6.26 Å². The maximum atomic E-state index is 10.8. The molecule has 3 heteroatoms. The minimum absolute atomic E-state index is 0.174. The van der Waals surface area contributed by atoms with Crippen molar-refractivity contribution in [2.45, 2.75) is 12.8 Å². The molecular formula is C11H12N2O. The van der Waals surface area contributed by atoms with Gasteiger partial charge in [0.1, 0.15) is 1.37 Å². The molecule has 2 heterocycles. The molecule has 0 saturated carbocycles. The second-order valence-corrected chi connectivity index (χ2v) is 3.28. The molecule has 2 N–H and O–H groups in total. The molecule has 0 spiro atoms. The smallest absolute Gasteiger partial charge is 0.166 e. The highest BCUT2D eigenvalue weighted by Crippen LogP contribution is 2.21. The summed E-state index contributed by atoms with van der Waals surface area (Å²) in [6.07, 6.45) is 1.19. The summed E-state index contributed by atoms with van der Waals surface area (Å²) in [6, 6.07) is 7.41. The van der Waals surface area contributed by atoms with E-state index in [1.165, 1.54) is 0 Å². The highest BCUT2D eigenvalue weighted by molar-refractivity contribution is 5.72. The highest BCUT2D eigenvalue weighted by atomic mass is 16.1. The van der Waals surface area contributed by atoms with E-state index in [9.17, 15) is 4.79 Å². The molecule has 14 heavy (non-hydrogen) atoms. The third kappa shape index (κ3) is 1.48. The van der Waals surface area contributed by atoms with E-state index in [0.717, 1.165) is 11.4 Å². The molecule has 2 aromatic heterocycles. The molecule has 0 aliphatic heterocycles. The number of hydrogen-bond donors (Lipinski definition) is 2. The van der Waals surface area contributed by atoms with Gasteiger partial charge >= 0.3 is 0 Å². The Morgan fingerprint density at radius 3 is 2.86 bits per heavy atom. The average molecular weight is 189 g/mol. The molecule has 1 unspecified atom stereocenters. The summed E-state index contributed by atoms with van der Waals surface area (Å²) in [6.45, 7) is 2.04. The van der Waals surface area contributed by atoms with Gasteiger partial charge in [-0.15, -0.1) is 0 Å². The molecule has 0 aliphatic rings. The minimum atomic E-state index is -0.681. The molecule has 2 rings (SSSR count). The summed E-state index contributed by atoms with van der Waals surface area (Å²) in [5.41, 5.74) is 2.36. The van der Waals surface area contributed by atoms with Crippen LogP contribution < -0.4 is 0 Å². The van der Waals surface area contributed by atoms with Crippen LogP contribution in [0.2, 0.25) is 0 Å². The van der Waals surface area contributed by atoms with Crippen LogP contribution in [0.15, 0.2) is 30.5 Å². The molecule has 0 amide bonds. The number of H-pyrrole nitrogens is 2. The maximum Gasteiger partial charge on any atom is 0.166 e. The van der Waals surface area contributed by atoms with Crippen molar-refractivity contribution in [3.05, 3.63) is 47.5 Å². The van der Waals surface area contributed by atoms with E-state index >= 15 is 0 Å². The Labute approximate surface area is 83.6 Å². The van der Waals surface area contributed by atoms with Crippen molar-refractivity contribution >= 4 is 6.26 Å². The van der Waals surface area contributed by atoms with Gasteiger partial charge in [-0.05, 0) is 24.3 Å². The summed E-state index contributed by atoms with van der Waals surface area (Å²) < 4.78 is 6.97. The Balaban J connectivity index is 2.26. The van der Waals surface area contributed by atoms with Gasteiger partial charge in [0.25, 0.3) is 0 Å². The van der Waals surface area contributed by atoms with E-state index in [4.69, 9.17) is 1.37 Å². The fourth-order valence-corrected chi connectivity index (χ4v) is 1.51. The number of rotatable bonds is 3. The van der Waals surface area contributed by atoms with Gasteiger partial charge in [-0.2, -0.15) is 0 Å². The zero-order valence-corrected chi connectivity index (χ0v) is 7.87. The van der Waals surface area contributed by atoms with Gasteiger partial charge in [0.15, 0.2) is 6.26 Å². The van der Waals surface area contributed by atoms with Gasteiger partial charge in [0.05, 0.1) is 5.69 Å². The molecule has 0 fully saturated rings. The molecule has 1 atom stereocenters. The minimum Gasteiger partial charge on any atom is -0.364 e. The van der Waals surface area contributed by atoms with E-state index in [0.29, 0.717) is 5.69 Å². The van der Waals surface area contributed by atoms with Crippen molar-refractivity contribution < 1.29 is 6.17 Å². The fraction of sp³-hybridized carbons (Fsp3) is 0.182. The summed E-state index contributed by atoms with van der Waals surface area (Å²) in [5.74, 6) is 0.174. The Hall–Kier alpha value is -1.77. The van der Waals surface area contributed by atoms with Crippen LogP contribution in [0.25, 0.3) is 0 Å². The van der Waals surface area contributed by atoms with Crippen LogP contribution in [0.3, 0.4) is 0 Å². The lowest BCUT2D eigenvalue weighted by molar-refractivity contribution is 0.111. The molecule has 0 aromatic carbocycles. The Morgan fingerprint density at radius 1 is 1.43 bits per heavy atom. The normalized spacial score (nSPS) is 13.6. The predicted molar refractivity (Wildman–Crippen MR) is 54.5 cm³/mol. The van der Waals surface area contributed by atoms with Crippen LogP contribution in [-0.2, 0) is 0 Å². The number of aromatic nitrogens is 2. The van der Waals surface area contributed by atoms with Gasteiger partial charge in [0.2, 0.25) is 0 Å². The third-order valence-corrected chi connectivity index (χ3v) is 2.37. The standard InChI is InChI=1S/C11H12N2O/c1-8(10-3-2-6-12-10)11-5-4-9(7-14)13-11/h2-8,12-13H,1H3/i7D. The summed E-state index contributed by atoms with van der Waals surface area (Å²) >= 11 is 0. The number of carbonyl (C=O) groups is 1. The van der Waals surface area contributed by atoms with Crippen LogP contribution in [-0.4, -0.2) is 16.2 Å². The molecule has 0 radical (unpaired) electrons. The van der Waals surface area contributed by atoms with Crippen LogP contribution >= 0.6 is 0 Å². The van der Waals surface area contributed by atoms with Crippen LogP contribution in [0, 0.1) is 0 Å². The van der Waals surface area contributed by atoms with E-state index in [2.05, 4.69) is 9.97 Å². The maximum absolute atomic E-state index is 10.8.